The molecule has 6 nitrogen and oxygen atoms in total. The van der Waals surface area contributed by atoms with E-state index in [1.54, 1.807) is 24.3 Å². The second kappa shape index (κ2) is 8.74. The topological polar surface area (TPSA) is 90.7 Å². The van der Waals surface area contributed by atoms with Crippen LogP contribution in [0.25, 0.3) is 6.08 Å². The van der Waals surface area contributed by atoms with E-state index in [0.717, 1.165) is 12.0 Å². The average molecular weight is 362 g/mol. The lowest BCUT2D eigenvalue weighted by molar-refractivity contribution is -0.120. The number of hydrogen-bond acceptors (Lipinski definition) is 4. The number of hydrogen-bond donors (Lipinski definition) is 2. The van der Waals surface area contributed by atoms with Gasteiger partial charge >= 0.3 is 0 Å². The lowest BCUT2D eigenvalue weighted by Gasteiger charge is -2.32. The maximum atomic E-state index is 12.2. The Morgan fingerprint density at radius 2 is 1.81 bits per heavy atom. The van der Waals surface area contributed by atoms with Crippen molar-refractivity contribution in [3.05, 3.63) is 29.8 Å². The summed E-state index contributed by atoms with van der Waals surface area (Å²) >= 11 is 0. The first kappa shape index (κ1) is 21.5. The average Bonchev–Trinajstić information content (AvgIpc) is 2.48. The molecule has 0 aromatic heterocycles. The molecule has 0 fully saturated rings. The van der Waals surface area contributed by atoms with E-state index in [2.05, 4.69) is 26.1 Å². The molecule has 0 aliphatic carbocycles. The van der Waals surface area contributed by atoms with Gasteiger partial charge in [0.05, 0.1) is 7.11 Å². The SMILES string of the molecule is COc1cc(C=CC(=O)NC(C)(C)CC(C)(C)C)ccc1OCC(N)=O. The van der Waals surface area contributed by atoms with Crippen molar-refractivity contribution in [3.63, 3.8) is 0 Å². The highest BCUT2D eigenvalue weighted by atomic mass is 16.5. The van der Waals surface area contributed by atoms with E-state index in [4.69, 9.17) is 15.2 Å². The van der Waals surface area contributed by atoms with E-state index in [-0.39, 0.29) is 23.5 Å². The summed E-state index contributed by atoms with van der Waals surface area (Å²) in [7, 11) is 1.50. The maximum absolute atomic E-state index is 12.2. The minimum Gasteiger partial charge on any atom is -0.493 e. The zero-order valence-corrected chi connectivity index (χ0v) is 16.5. The van der Waals surface area contributed by atoms with Gasteiger partial charge in [-0.25, -0.2) is 0 Å². The molecule has 0 saturated heterocycles. The van der Waals surface area contributed by atoms with E-state index < -0.39 is 5.91 Å². The van der Waals surface area contributed by atoms with Gasteiger partial charge in [0.25, 0.3) is 5.91 Å². The van der Waals surface area contributed by atoms with Crippen LogP contribution in [-0.2, 0) is 9.59 Å². The Hall–Kier alpha value is -2.50. The van der Waals surface area contributed by atoms with Crippen LogP contribution in [-0.4, -0.2) is 31.1 Å². The number of ether oxygens (including phenoxy) is 2. The van der Waals surface area contributed by atoms with Gasteiger partial charge in [-0.15, -0.1) is 0 Å². The van der Waals surface area contributed by atoms with Crippen LogP contribution in [0.2, 0.25) is 0 Å². The van der Waals surface area contributed by atoms with Crippen LogP contribution in [0.5, 0.6) is 11.5 Å². The molecule has 0 spiro atoms. The first-order chi connectivity index (χ1) is 11.9. The summed E-state index contributed by atoms with van der Waals surface area (Å²) in [4.78, 5) is 23.0. The van der Waals surface area contributed by atoms with Crippen LogP contribution in [0.15, 0.2) is 24.3 Å². The van der Waals surface area contributed by atoms with Gasteiger partial charge in [0.15, 0.2) is 18.1 Å². The van der Waals surface area contributed by atoms with Gasteiger partial charge in [0.2, 0.25) is 5.91 Å². The van der Waals surface area contributed by atoms with Crippen molar-refractivity contribution >= 4 is 17.9 Å². The molecular weight excluding hydrogens is 332 g/mol. The second-order valence-corrected chi connectivity index (χ2v) is 8.11. The number of benzene rings is 1. The molecule has 0 aliphatic rings. The Kier molecular flexibility index (Phi) is 7.24. The highest BCUT2D eigenvalue weighted by Gasteiger charge is 2.26. The Bertz CT molecular complexity index is 673. The molecule has 26 heavy (non-hydrogen) atoms. The quantitative estimate of drug-likeness (QED) is 0.696. The monoisotopic (exact) mass is 362 g/mol. The molecule has 0 atom stereocenters. The number of carbonyl (C=O) groups is 2. The predicted octanol–water partition coefficient (Wildman–Crippen LogP) is 2.90. The second-order valence-electron chi connectivity index (χ2n) is 8.11. The van der Waals surface area contributed by atoms with E-state index in [9.17, 15) is 9.59 Å². The molecule has 1 aromatic rings. The van der Waals surface area contributed by atoms with E-state index in [1.165, 1.54) is 13.2 Å². The third-order valence-corrected chi connectivity index (χ3v) is 3.42. The molecule has 1 rings (SSSR count). The predicted molar refractivity (Wildman–Crippen MR) is 103 cm³/mol. The van der Waals surface area contributed by atoms with Crippen LogP contribution < -0.4 is 20.5 Å². The molecule has 0 radical (unpaired) electrons. The lowest BCUT2D eigenvalue weighted by atomic mass is 9.82. The van der Waals surface area contributed by atoms with Crippen molar-refractivity contribution in [3.8, 4) is 11.5 Å². The molecule has 0 heterocycles. The first-order valence-corrected chi connectivity index (χ1v) is 8.51. The van der Waals surface area contributed by atoms with Crippen molar-refractivity contribution in [2.75, 3.05) is 13.7 Å². The molecule has 1 aromatic carbocycles. The normalized spacial score (nSPS) is 12.1. The Morgan fingerprint density at radius 3 is 2.35 bits per heavy atom. The van der Waals surface area contributed by atoms with Crippen LogP contribution >= 0.6 is 0 Å². The minimum absolute atomic E-state index is 0.120. The van der Waals surface area contributed by atoms with E-state index in [1.807, 2.05) is 13.8 Å². The maximum Gasteiger partial charge on any atom is 0.255 e. The number of primary amides is 1. The largest absolute Gasteiger partial charge is 0.493 e. The Morgan fingerprint density at radius 1 is 1.15 bits per heavy atom. The standard InChI is InChI=1S/C20H30N2O4/c1-19(2,3)13-20(4,5)22-18(24)10-8-14-7-9-15(16(11-14)25-6)26-12-17(21)23/h7-11H,12-13H2,1-6H3,(H2,21,23)(H,22,24). The van der Waals surface area contributed by atoms with Gasteiger partial charge < -0.3 is 20.5 Å². The zero-order valence-electron chi connectivity index (χ0n) is 16.5. The summed E-state index contributed by atoms with van der Waals surface area (Å²) < 4.78 is 10.5. The molecule has 0 unspecified atom stereocenters. The summed E-state index contributed by atoms with van der Waals surface area (Å²) in [6.07, 6.45) is 4.05. The van der Waals surface area contributed by atoms with E-state index >= 15 is 0 Å². The fourth-order valence-electron chi connectivity index (χ4n) is 2.97. The van der Waals surface area contributed by atoms with Gasteiger partial charge in [-0.05, 0) is 49.5 Å². The molecule has 0 aliphatic heterocycles. The summed E-state index contributed by atoms with van der Waals surface area (Å²) in [6.45, 7) is 10.2. The fraction of sp³-hybridized carbons (Fsp3) is 0.500. The van der Waals surface area contributed by atoms with Gasteiger partial charge in [-0.2, -0.15) is 0 Å². The van der Waals surface area contributed by atoms with Gasteiger partial charge in [-0.3, -0.25) is 9.59 Å². The summed E-state index contributed by atoms with van der Waals surface area (Å²) in [5.41, 5.74) is 5.66. The smallest absolute Gasteiger partial charge is 0.255 e. The highest BCUT2D eigenvalue weighted by molar-refractivity contribution is 5.92. The molecule has 0 bridgehead atoms. The molecule has 0 saturated carbocycles. The minimum atomic E-state index is -0.564. The van der Waals surface area contributed by atoms with Crippen molar-refractivity contribution < 1.29 is 19.1 Å². The molecule has 3 N–H and O–H groups in total. The molecule has 6 heteroatoms. The van der Waals surface area contributed by atoms with Gasteiger partial charge in [0.1, 0.15) is 0 Å². The van der Waals surface area contributed by atoms with E-state index in [0.29, 0.717) is 11.5 Å². The molecule has 2 amide bonds. The Labute approximate surface area is 155 Å². The number of nitrogens with one attached hydrogen (secondary N) is 1. The van der Waals surface area contributed by atoms with Crippen molar-refractivity contribution in [1.82, 2.24) is 5.32 Å². The highest BCUT2D eigenvalue weighted by Crippen LogP contribution is 2.29. The van der Waals surface area contributed by atoms with Crippen LogP contribution in [0.1, 0.15) is 46.6 Å². The number of methoxy groups -OCH3 is 1. The van der Waals surface area contributed by atoms with Crippen LogP contribution in [0.3, 0.4) is 0 Å². The van der Waals surface area contributed by atoms with Crippen molar-refractivity contribution in [2.45, 2.75) is 46.6 Å². The summed E-state index contributed by atoms with van der Waals surface area (Å²) in [5.74, 6) is 0.152. The zero-order chi connectivity index (χ0) is 20.0. The van der Waals surface area contributed by atoms with Gasteiger partial charge in [0, 0.05) is 11.6 Å². The molecule has 144 valence electrons. The Balaban J connectivity index is 2.78. The third kappa shape index (κ3) is 8.05. The number of amides is 2. The number of carbonyl (C=O) groups excluding carboxylic acids is 2. The van der Waals surface area contributed by atoms with Crippen molar-refractivity contribution in [1.29, 1.82) is 0 Å². The van der Waals surface area contributed by atoms with Crippen LogP contribution in [0, 0.1) is 5.41 Å². The fourth-order valence-corrected chi connectivity index (χ4v) is 2.97. The van der Waals surface area contributed by atoms with Gasteiger partial charge in [-0.1, -0.05) is 26.8 Å². The molecular formula is C20H30N2O4. The third-order valence-electron chi connectivity index (χ3n) is 3.42. The first-order valence-electron chi connectivity index (χ1n) is 8.51. The van der Waals surface area contributed by atoms with Crippen LogP contribution in [0.4, 0.5) is 0 Å². The van der Waals surface area contributed by atoms with Crippen molar-refractivity contribution in [2.24, 2.45) is 11.1 Å². The number of nitrogens with two attached hydrogens (primary N) is 1. The summed E-state index contributed by atoms with van der Waals surface area (Å²) in [6, 6.07) is 5.16. The summed E-state index contributed by atoms with van der Waals surface area (Å²) in [5, 5.41) is 3.02. The lowest BCUT2D eigenvalue weighted by Crippen LogP contribution is -2.45. The number of rotatable bonds is 8.